The first-order valence-electron chi connectivity index (χ1n) is 6.29. The number of rotatable bonds is 3. The van der Waals surface area contributed by atoms with Crippen LogP contribution in [-0.2, 0) is 0 Å². The minimum absolute atomic E-state index is 0.0339. The molecule has 0 heterocycles. The number of nitrogens with zero attached hydrogens (tertiary/aromatic N) is 1. The zero-order chi connectivity index (χ0) is 13.3. The van der Waals surface area contributed by atoms with Gasteiger partial charge < -0.3 is 11.1 Å². The van der Waals surface area contributed by atoms with Gasteiger partial charge in [0.2, 0.25) is 0 Å². The lowest BCUT2D eigenvalue weighted by Crippen LogP contribution is -2.24. The molecule has 5 heteroatoms. The first kappa shape index (κ1) is 12.7. The Morgan fingerprint density at radius 3 is 2.61 bits per heavy atom. The molecule has 3 unspecified atom stereocenters. The molecule has 1 aliphatic rings. The summed E-state index contributed by atoms with van der Waals surface area (Å²) >= 11 is 0. The van der Waals surface area contributed by atoms with Crippen molar-refractivity contribution < 1.29 is 4.92 Å². The molecule has 18 heavy (non-hydrogen) atoms. The minimum Gasteiger partial charge on any atom is -0.393 e. The fourth-order valence-corrected chi connectivity index (χ4v) is 2.59. The van der Waals surface area contributed by atoms with E-state index >= 15 is 0 Å². The maximum atomic E-state index is 10.7. The average Bonchev–Trinajstić information content (AvgIpc) is 2.61. The number of nitro benzene ring substituents is 1. The molecule has 1 saturated carbocycles. The van der Waals surface area contributed by atoms with Crippen LogP contribution in [0, 0.1) is 22.0 Å². The number of benzene rings is 1. The Bertz CT molecular complexity index is 462. The van der Waals surface area contributed by atoms with Crippen LogP contribution in [-0.4, -0.2) is 11.0 Å². The van der Waals surface area contributed by atoms with E-state index in [4.69, 9.17) is 5.73 Å². The van der Waals surface area contributed by atoms with Gasteiger partial charge in [0, 0.05) is 17.8 Å². The molecule has 3 N–H and O–H groups in total. The summed E-state index contributed by atoms with van der Waals surface area (Å²) in [4.78, 5) is 10.2. The highest BCUT2D eigenvalue weighted by molar-refractivity contribution is 5.66. The van der Waals surface area contributed by atoms with Crippen LogP contribution < -0.4 is 11.1 Å². The lowest BCUT2D eigenvalue weighted by molar-refractivity contribution is -0.383. The standard InChI is InChI=1S/C13H19N3O2/c1-8-3-5-12(9(8)2)15-10-4-6-13(16(17)18)11(14)7-10/h4,6-9,12,15H,3,5,14H2,1-2H3. The van der Waals surface area contributed by atoms with Crippen LogP contribution in [0.4, 0.5) is 17.1 Å². The SMILES string of the molecule is CC1CCC(Nc2ccc([N+](=O)[O-])c(N)c2)C1C. The molecule has 0 aromatic heterocycles. The van der Waals surface area contributed by atoms with Crippen LogP contribution in [0.3, 0.4) is 0 Å². The van der Waals surface area contributed by atoms with Gasteiger partial charge in [-0.05, 0) is 36.8 Å². The van der Waals surface area contributed by atoms with Gasteiger partial charge in [-0.3, -0.25) is 10.1 Å². The average molecular weight is 249 g/mol. The van der Waals surface area contributed by atoms with Gasteiger partial charge in [0.05, 0.1) is 4.92 Å². The van der Waals surface area contributed by atoms with E-state index in [2.05, 4.69) is 19.2 Å². The molecule has 3 atom stereocenters. The monoisotopic (exact) mass is 249 g/mol. The highest BCUT2D eigenvalue weighted by Gasteiger charge is 2.29. The molecule has 0 radical (unpaired) electrons. The zero-order valence-corrected chi connectivity index (χ0v) is 10.7. The van der Waals surface area contributed by atoms with E-state index in [-0.39, 0.29) is 11.4 Å². The Balaban J connectivity index is 2.11. The van der Waals surface area contributed by atoms with Gasteiger partial charge in [0.15, 0.2) is 0 Å². The van der Waals surface area contributed by atoms with Crippen molar-refractivity contribution in [3.63, 3.8) is 0 Å². The highest BCUT2D eigenvalue weighted by Crippen LogP contribution is 2.34. The van der Waals surface area contributed by atoms with Crippen molar-refractivity contribution in [2.24, 2.45) is 11.8 Å². The second-order valence-corrected chi connectivity index (χ2v) is 5.20. The van der Waals surface area contributed by atoms with E-state index in [9.17, 15) is 10.1 Å². The second-order valence-electron chi connectivity index (χ2n) is 5.20. The Labute approximate surface area is 107 Å². The lowest BCUT2D eigenvalue weighted by atomic mass is 9.97. The number of nitro groups is 1. The van der Waals surface area contributed by atoms with E-state index in [1.165, 1.54) is 12.5 Å². The molecular formula is C13H19N3O2. The van der Waals surface area contributed by atoms with Crippen LogP contribution in [0.15, 0.2) is 18.2 Å². The second kappa shape index (κ2) is 4.84. The van der Waals surface area contributed by atoms with Crippen molar-refractivity contribution in [1.29, 1.82) is 0 Å². The molecule has 0 spiro atoms. The van der Waals surface area contributed by atoms with Crippen molar-refractivity contribution in [2.75, 3.05) is 11.1 Å². The summed E-state index contributed by atoms with van der Waals surface area (Å²) in [7, 11) is 0. The summed E-state index contributed by atoms with van der Waals surface area (Å²) in [5, 5.41) is 14.1. The van der Waals surface area contributed by atoms with Crippen LogP contribution >= 0.6 is 0 Å². The largest absolute Gasteiger partial charge is 0.393 e. The highest BCUT2D eigenvalue weighted by atomic mass is 16.6. The number of nitrogens with two attached hydrogens (primary N) is 1. The molecule has 0 aliphatic heterocycles. The van der Waals surface area contributed by atoms with Crippen LogP contribution in [0.25, 0.3) is 0 Å². The summed E-state index contributed by atoms with van der Waals surface area (Å²) in [5.41, 5.74) is 6.72. The Hall–Kier alpha value is -1.78. The summed E-state index contributed by atoms with van der Waals surface area (Å²) in [5.74, 6) is 1.33. The Kier molecular flexibility index (Phi) is 3.41. The lowest BCUT2D eigenvalue weighted by Gasteiger charge is -2.21. The predicted molar refractivity (Wildman–Crippen MR) is 72.5 cm³/mol. The van der Waals surface area contributed by atoms with Gasteiger partial charge in [0.25, 0.3) is 5.69 Å². The van der Waals surface area contributed by atoms with E-state index in [1.54, 1.807) is 12.1 Å². The molecule has 0 amide bonds. The molecule has 1 aliphatic carbocycles. The molecule has 2 rings (SSSR count). The van der Waals surface area contributed by atoms with E-state index in [0.717, 1.165) is 18.0 Å². The summed E-state index contributed by atoms with van der Waals surface area (Å²) < 4.78 is 0. The Morgan fingerprint density at radius 1 is 1.39 bits per heavy atom. The fourth-order valence-electron chi connectivity index (χ4n) is 2.59. The van der Waals surface area contributed by atoms with Crippen LogP contribution in [0.2, 0.25) is 0 Å². The van der Waals surface area contributed by atoms with E-state index in [0.29, 0.717) is 12.0 Å². The van der Waals surface area contributed by atoms with Gasteiger partial charge in [-0.15, -0.1) is 0 Å². The topological polar surface area (TPSA) is 81.2 Å². The van der Waals surface area contributed by atoms with Gasteiger partial charge in [-0.1, -0.05) is 13.8 Å². The minimum atomic E-state index is -0.459. The molecule has 98 valence electrons. The maximum Gasteiger partial charge on any atom is 0.292 e. The number of anilines is 2. The molecule has 0 saturated heterocycles. The zero-order valence-electron chi connectivity index (χ0n) is 10.7. The maximum absolute atomic E-state index is 10.7. The first-order valence-corrected chi connectivity index (χ1v) is 6.29. The van der Waals surface area contributed by atoms with Crippen molar-refractivity contribution in [1.82, 2.24) is 0 Å². The van der Waals surface area contributed by atoms with Gasteiger partial charge in [-0.2, -0.15) is 0 Å². The van der Waals surface area contributed by atoms with E-state index in [1.807, 2.05) is 0 Å². The molecule has 1 aromatic rings. The van der Waals surface area contributed by atoms with Crippen LogP contribution in [0.1, 0.15) is 26.7 Å². The smallest absolute Gasteiger partial charge is 0.292 e. The molecule has 1 fully saturated rings. The third kappa shape index (κ3) is 2.39. The van der Waals surface area contributed by atoms with Crippen molar-refractivity contribution in [2.45, 2.75) is 32.7 Å². The van der Waals surface area contributed by atoms with Crippen molar-refractivity contribution in [3.05, 3.63) is 28.3 Å². The predicted octanol–water partition coefficient (Wildman–Crippen LogP) is 3.02. The summed E-state index contributed by atoms with van der Waals surface area (Å²) in [6.45, 7) is 4.50. The summed E-state index contributed by atoms with van der Waals surface area (Å²) in [6.07, 6.45) is 2.36. The fraction of sp³-hybridized carbons (Fsp3) is 0.538. The van der Waals surface area contributed by atoms with Gasteiger partial charge in [0.1, 0.15) is 5.69 Å². The number of hydrogen-bond acceptors (Lipinski definition) is 4. The van der Waals surface area contributed by atoms with Crippen molar-refractivity contribution in [3.8, 4) is 0 Å². The summed E-state index contributed by atoms with van der Waals surface area (Å²) in [6, 6.07) is 5.26. The third-order valence-electron chi connectivity index (χ3n) is 4.04. The molecule has 5 nitrogen and oxygen atoms in total. The number of nitrogen functional groups attached to an aromatic ring is 1. The Morgan fingerprint density at radius 2 is 2.11 bits per heavy atom. The van der Waals surface area contributed by atoms with Crippen molar-refractivity contribution >= 4 is 17.1 Å². The molecular weight excluding hydrogens is 230 g/mol. The quantitative estimate of drug-likeness (QED) is 0.490. The number of hydrogen-bond donors (Lipinski definition) is 2. The van der Waals surface area contributed by atoms with E-state index < -0.39 is 4.92 Å². The normalized spacial score (nSPS) is 27.1. The third-order valence-corrected chi connectivity index (χ3v) is 4.04. The van der Waals surface area contributed by atoms with Gasteiger partial charge >= 0.3 is 0 Å². The molecule has 0 bridgehead atoms. The molecule has 1 aromatic carbocycles. The number of nitrogens with one attached hydrogen (secondary N) is 1. The van der Waals surface area contributed by atoms with Gasteiger partial charge in [-0.25, -0.2) is 0 Å². The van der Waals surface area contributed by atoms with Crippen LogP contribution in [0.5, 0.6) is 0 Å². The first-order chi connectivity index (χ1) is 8.49.